The van der Waals surface area contributed by atoms with Crippen LogP contribution in [0.5, 0.6) is 0 Å². The number of aryl methyl sites for hydroxylation is 1. The van der Waals surface area contributed by atoms with Crippen molar-refractivity contribution in [3.8, 4) is 0 Å². The van der Waals surface area contributed by atoms with Gasteiger partial charge in [-0.2, -0.15) is 0 Å². The highest BCUT2D eigenvalue weighted by Crippen LogP contribution is 2.42. The summed E-state index contributed by atoms with van der Waals surface area (Å²) in [6, 6.07) is 2.11. The molecule has 3 aliphatic heterocycles. The molecule has 166 valence electrons. The molecule has 1 aliphatic carbocycles. The van der Waals surface area contributed by atoms with Crippen molar-refractivity contribution in [2.24, 2.45) is 13.0 Å². The SMILES string of the molecule is Cn1ccc2c(c1=O)C1=C3C(=CN(CC4CCNCC4)C3CCN1)C=C2CS(C)(=O)=O. The van der Waals surface area contributed by atoms with E-state index >= 15 is 0 Å². The highest BCUT2D eigenvalue weighted by molar-refractivity contribution is 7.91. The lowest BCUT2D eigenvalue weighted by atomic mass is 9.91. The predicted molar refractivity (Wildman–Crippen MR) is 123 cm³/mol. The lowest BCUT2D eigenvalue weighted by molar-refractivity contribution is 0.230. The number of hydrogen-bond donors (Lipinski definition) is 2. The summed E-state index contributed by atoms with van der Waals surface area (Å²) < 4.78 is 26.0. The third-order valence-corrected chi connectivity index (χ3v) is 7.71. The van der Waals surface area contributed by atoms with Gasteiger partial charge in [0.1, 0.15) is 0 Å². The van der Waals surface area contributed by atoms with Crippen LogP contribution in [0.4, 0.5) is 0 Å². The van der Waals surface area contributed by atoms with Crippen LogP contribution >= 0.6 is 0 Å². The molecular formula is C23H30N4O3S. The quantitative estimate of drug-likeness (QED) is 0.727. The first-order valence-corrected chi connectivity index (χ1v) is 13.1. The molecule has 1 aromatic rings. The van der Waals surface area contributed by atoms with Crippen LogP contribution in [0.15, 0.2) is 40.5 Å². The van der Waals surface area contributed by atoms with Crippen molar-refractivity contribution in [1.29, 1.82) is 0 Å². The summed E-state index contributed by atoms with van der Waals surface area (Å²) >= 11 is 0. The van der Waals surface area contributed by atoms with E-state index in [1.807, 2.05) is 12.1 Å². The summed E-state index contributed by atoms with van der Waals surface area (Å²) in [5, 5.41) is 6.93. The summed E-state index contributed by atoms with van der Waals surface area (Å²) in [7, 11) is -1.51. The van der Waals surface area contributed by atoms with Crippen LogP contribution in [-0.4, -0.2) is 62.1 Å². The van der Waals surface area contributed by atoms with E-state index in [0.29, 0.717) is 17.1 Å². The maximum absolute atomic E-state index is 13.2. The zero-order chi connectivity index (χ0) is 21.8. The lowest BCUT2D eigenvalue weighted by Gasteiger charge is -2.35. The van der Waals surface area contributed by atoms with Crippen molar-refractivity contribution in [1.82, 2.24) is 20.1 Å². The molecule has 7 nitrogen and oxygen atoms in total. The number of hydrogen-bond acceptors (Lipinski definition) is 6. The maximum Gasteiger partial charge on any atom is 0.260 e. The Morgan fingerprint density at radius 1 is 1.16 bits per heavy atom. The Balaban J connectivity index is 1.65. The highest BCUT2D eigenvalue weighted by Gasteiger charge is 2.38. The number of aromatic nitrogens is 1. The van der Waals surface area contributed by atoms with Gasteiger partial charge in [0.2, 0.25) is 0 Å². The van der Waals surface area contributed by atoms with Crippen molar-refractivity contribution >= 4 is 21.1 Å². The zero-order valence-corrected chi connectivity index (χ0v) is 19.0. The van der Waals surface area contributed by atoms with E-state index in [0.717, 1.165) is 55.0 Å². The number of sulfone groups is 1. The van der Waals surface area contributed by atoms with Crippen LogP contribution < -0.4 is 16.2 Å². The minimum Gasteiger partial charge on any atom is -0.384 e. The molecule has 4 heterocycles. The van der Waals surface area contributed by atoms with Crippen molar-refractivity contribution < 1.29 is 8.42 Å². The molecule has 0 spiro atoms. The normalized spacial score (nSPS) is 23.5. The number of nitrogens with zero attached hydrogens (tertiary/aromatic N) is 2. The Morgan fingerprint density at radius 3 is 2.68 bits per heavy atom. The topological polar surface area (TPSA) is 83.4 Å². The maximum atomic E-state index is 13.2. The molecule has 1 atom stereocenters. The molecule has 5 rings (SSSR count). The van der Waals surface area contributed by atoms with E-state index in [1.165, 1.54) is 19.1 Å². The van der Waals surface area contributed by atoms with Gasteiger partial charge in [0.05, 0.1) is 23.1 Å². The Morgan fingerprint density at radius 2 is 1.94 bits per heavy atom. The first-order valence-electron chi connectivity index (χ1n) is 11.1. The molecule has 1 aromatic heterocycles. The second-order valence-corrected chi connectivity index (χ2v) is 11.4. The van der Waals surface area contributed by atoms with E-state index in [2.05, 4.69) is 21.7 Å². The first-order chi connectivity index (χ1) is 14.8. The van der Waals surface area contributed by atoms with Gasteiger partial charge in [-0.05, 0) is 67.1 Å². The van der Waals surface area contributed by atoms with Crippen molar-refractivity contribution in [2.75, 3.05) is 38.2 Å². The predicted octanol–water partition coefficient (Wildman–Crippen LogP) is 1.10. The van der Waals surface area contributed by atoms with Crippen LogP contribution in [0.3, 0.4) is 0 Å². The molecular weight excluding hydrogens is 412 g/mol. The largest absolute Gasteiger partial charge is 0.384 e. The van der Waals surface area contributed by atoms with E-state index in [4.69, 9.17) is 0 Å². The standard InChI is InChI=1S/C23H30N4O3S/c1-26-10-6-18-17(14-31(2,29)30)11-16-13-27(12-15-3-7-24-8-4-15)19-5-9-25-22(20(16)19)21(18)23(26)28/h6,10-11,13,15,19,24-25H,3-5,7-9,12,14H2,1-2H3. The van der Waals surface area contributed by atoms with Gasteiger partial charge in [-0.15, -0.1) is 0 Å². The molecule has 0 radical (unpaired) electrons. The number of allylic oxidation sites excluding steroid dienone is 1. The van der Waals surface area contributed by atoms with E-state index < -0.39 is 9.84 Å². The molecule has 0 bridgehead atoms. The van der Waals surface area contributed by atoms with Crippen LogP contribution in [0.25, 0.3) is 11.3 Å². The third kappa shape index (κ3) is 3.76. The molecule has 0 aromatic carbocycles. The summed E-state index contributed by atoms with van der Waals surface area (Å²) in [5.74, 6) is 0.573. The molecule has 0 amide bonds. The summed E-state index contributed by atoms with van der Waals surface area (Å²) in [5.41, 5.74) is 5.00. The van der Waals surface area contributed by atoms with E-state index in [9.17, 15) is 13.2 Å². The fraction of sp³-hybridized carbons (Fsp3) is 0.522. The van der Waals surface area contributed by atoms with Gasteiger partial charge >= 0.3 is 0 Å². The van der Waals surface area contributed by atoms with Gasteiger partial charge in [0, 0.05) is 44.4 Å². The van der Waals surface area contributed by atoms with Gasteiger partial charge in [0.15, 0.2) is 9.84 Å². The van der Waals surface area contributed by atoms with Gasteiger partial charge in [-0.3, -0.25) is 4.79 Å². The summed E-state index contributed by atoms with van der Waals surface area (Å²) in [6.45, 7) is 3.93. The van der Waals surface area contributed by atoms with Crippen LogP contribution in [0, 0.1) is 5.92 Å². The van der Waals surface area contributed by atoms with Crippen LogP contribution in [0.2, 0.25) is 0 Å². The molecule has 2 N–H and O–H groups in total. The van der Waals surface area contributed by atoms with Gasteiger partial charge in [-0.1, -0.05) is 0 Å². The smallest absolute Gasteiger partial charge is 0.260 e. The molecule has 1 saturated heterocycles. The van der Waals surface area contributed by atoms with Crippen LogP contribution in [-0.2, 0) is 16.9 Å². The lowest BCUT2D eigenvalue weighted by Crippen LogP contribution is -2.41. The van der Waals surface area contributed by atoms with Crippen molar-refractivity contribution in [2.45, 2.75) is 25.3 Å². The minimum absolute atomic E-state index is 0.0793. The molecule has 31 heavy (non-hydrogen) atoms. The number of fused-ring (bicyclic) bond motifs is 2. The molecule has 8 heteroatoms. The summed E-state index contributed by atoms with van der Waals surface area (Å²) in [4.78, 5) is 15.7. The van der Waals surface area contributed by atoms with Gasteiger partial charge in [-0.25, -0.2) is 8.42 Å². The monoisotopic (exact) mass is 442 g/mol. The second-order valence-electron chi connectivity index (χ2n) is 9.25. The Labute approximate surface area is 183 Å². The van der Waals surface area contributed by atoms with Crippen molar-refractivity contribution in [3.63, 3.8) is 0 Å². The fourth-order valence-electron chi connectivity index (χ4n) is 5.43. The van der Waals surface area contributed by atoms with Crippen LogP contribution in [0.1, 0.15) is 30.4 Å². The number of piperidine rings is 1. The first kappa shape index (κ1) is 20.6. The Bertz CT molecular complexity index is 1170. The van der Waals surface area contributed by atoms with Gasteiger partial charge < -0.3 is 20.1 Å². The average Bonchev–Trinajstić information content (AvgIpc) is 3.00. The average molecular weight is 443 g/mol. The van der Waals surface area contributed by atoms with Crippen molar-refractivity contribution in [3.05, 3.63) is 57.2 Å². The fourth-order valence-corrected chi connectivity index (χ4v) is 6.24. The minimum atomic E-state index is -3.26. The molecule has 1 fully saturated rings. The molecule has 4 aliphatic rings. The molecule has 0 saturated carbocycles. The van der Waals surface area contributed by atoms with E-state index in [-0.39, 0.29) is 17.4 Å². The van der Waals surface area contributed by atoms with E-state index in [1.54, 1.807) is 17.8 Å². The molecule has 1 unspecified atom stereocenters. The second kappa shape index (κ2) is 7.67. The Hall–Kier alpha value is -2.32. The number of pyridine rings is 1. The number of nitrogens with one attached hydrogen (secondary N) is 2. The van der Waals surface area contributed by atoms with Gasteiger partial charge in [0.25, 0.3) is 5.56 Å². The third-order valence-electron chi connectivity index (χ3n) is 6.88. The summed E-state index contributed by atoms with van der Waals surface area (Å²) in [6.07, 6.45) is 10.5. The number of rotatable bonds is 4. The Kier molecular flexibility index (Phi) is 5.09. The zero-order valence-electron chi connectivity index (χ0n) is 18.1. The highest BCUT2D eigenvalue weighted by atomic mass is 32.2.